The van der Waals surface area contributed by atoms with Gasteiger partial charge in [0.25, 0.3) is 5.91 Å². The minimum atomic E-state index is -0.196. The fraction of sp³-hybridized carbons (Fsp3) is 0.222. The van der Waals surface area contributed by atoms with Gasteiger partial charge in [-0.1, -0.05) is 29.0 Å². The summed E-state index contributed by atoms with van der Waals surface area (Å²) in [7, 11) is 0. The summed E-state index contributed by atoms with van der Waals surface area (Å²) in [6.07, 6.45) is 0. The first-order valence-electron chi connectivity index (χ1n) is 7.59. The number of nitrogens with two attached hydrogens (primary N) is 1. The number of rotatable bonds is 4. The van der Waals surface area contributed by atoms with Gasteiger partial charge in [-0.15, -0.1) is 0 Å². The Morgan fingerprint density at radius 2 is 1.96 bits per heavy atom. The third kappa shape index (κ3) is 3.33. The van der Waals surface area contributed by atoms with E-state index in [4.69, 9.17) is 10.5 Å². The molecule has 3 aromatic rings. The minimum Gasteiger partial charge on any atom is -0.484 e. The Kier molecular flexibility index (Phi) is 4.40. The minimum absolute atomic E-state index is 0.0369. The maximum Gasteiger partial charge on any atom is 0.262 e. The number of nitrogen functional groups attached to an aromatic ring is 1. The first-order valence-corrected chi connectivity index (χ1v) is 8.41. The van der Waals surface area contributed by atoms with Gasteiger partial charge in [-0.05, 0) is 50.1 Å². The zero-order valence-electron chi connectivity index (χ0n) is 13.8. The van der Waals surface area contributed by atoms with Crippen molar-refractivity contribution in [3.8, 4) is 5.75 Å². The van der Waals surface area contributed by atoms with Crippen LogP contribution in [0, 0.1) is 20.8 Å². The summed E-state index contributed by atoms with van der Waals surface area (Å²) < 4.78 is 6.52. The highest BCUT2D eigenvalue weighted by Gasteiger charge is 2.14. The number of thiazole rings is 1. The Hall–Kier alpha value is -2.60. The molecule has 6 heteroatoms. The van der Waals surface area contributed by atoms with Crippen LogP contribution in [-0.4, -0.2) is 17.5 Å². The van der Waals surface area contributed by atoms with Crippen molar-refractivity contribution in [3.63, 3.8) is 0 Å². The Balaban J connectivity index is 1.74. The van der Waals surface area contributed by atoms with Crippen molar-refractivity contribution < 1.29 is 9.53 Å². The molecular formula is C18H19N3O2S. The molecular weight excluding hydrogens is 322 g/mol. The number of ether oxygens (including phenoxy) is 1. The summed E-state index contributed by atoms with van der Waals surface area (Å²) in [5.41, 5.74) is 10.5. The van der Waals surface area contributed by atoms with Gasteiger partial charge in [0, 0.05) is 5.69 Å². The molecule has 0 atom stereocenters. The molecule has 3 N–H and O–H groups in total. The molecule has 5 nitrogen and oxygen atoms in total. The lowest BCUT2D eigenvalue weighted by molar-refractivity contribution is -0.118. The Labute approximate surface area is 144 Å². The van der Waals surface area contributed by atoms with Gasteiger partial charge in [0.15, 0.2) is 11.7 Å². The summed E-state index contributed by atoms with van der Waals surface area (Å²) in [6.45, 7) is 5.87. The van der Waals surface area contributed by atoms with Crippen LogP contribution in [-0.2, 0) is 4.79 Å². The van der Waals surface area contributed by atoms with Crippen LogP contribution in [0.2, 0.25) is 0 Å². The van der Waals surface area contributed by atoms with Crippen LogP contribution in [0.5, 0.6) is 5.75 Å². The summed E-state index contributed by atoms with van der Waals surface area (Å²) in [5, 5.41) is 3.46. The van der Waals surface area contributed by atoms with E-state index in [1.165, 1.54) is 11.3 Å². The Morgan fingerprint density at radius 1 is 1.25 bits per heavy atom. The Bertz CT molecular complexity index is 901. The van der Waals surface area contributed by atoms with Crippen molar-refractivity contribution >= 4 is 38.3 Å². The molecule has 24 heavy (non-hydrogen) atoms. The van der Waals surface area contributed by atoms with Gasteiger partial charge in [0.1, 0.15) is 5.75 Å². The van der Waals surface area contributed by atoms with Crippen LogP contribution in [0.4, 0.5) is 10.8 Å². The third-order valence-corrected chi connectivity index (χ3v) is 4.81. The monoisotopic (exact) mass is 341 g/mol. The van der Waals surface area contributed by atoms with Gasteiger partial charge >= 0.3 is 0 Å². The standard InChI is InChI=1S/C18H19N3O2S/c1-10-4-6-13(7-5-10)23-9-15(22)21-16-11(2)8-14-17(12(16)3)24-18(19)20-14/h4-8H,9H2,1-3H3,(H2,19,20)(H,21,22). The van der Waals surface area contributed by atoms with Crippen molar-refractivity contribution in [1.29, 1.82) is 0 Å². The van der Waals surface area contributed by atoms with Gasteiger partial charge < -0.3 is 15.8 Å². The van der Waals surface area contributed by atoms with Crippen LogP contribution in [0.25, 0.3) is 10.2 Å². The zero-order valence-corrected chi connectivity index (χ0v) is 14.7. The van der Waals surface area contributed by atoms with Crippen molar-refractivity contribution in [2.24, 2.45) is 0 Å². The number of nitrogens with one attached hydrogen (secondary N) is 1. The number of aryl methyl sites for hydroxylation is 3. The molecule has 1 heterocycles. The van der Waals surface area contributed by atoms with Crippen LogP contribution < -0.4 is 15.8 Å². The van der Waals surface area contributed by atoms with Crippen molar-refractivity contribution in [2.45, 2.75) is 20.8 Å². The van der Waals surface area contributed by atoms with Crippen molar-refractivity contribution in [2.75, 3.05) is 17.7 Å². The molecule has 0 bridgehead atoms. The number of benzene rings is 2. The van der Waals surface area contributed by atoms with E-state index in [1.807, 2.05) is 51.1 Å². The highest BCUT2D eigenvalue weighted by atomic mass is 32.1. The number of anilines is 2. The molecule has 0 spiro atoms. The van der Waals surface area contributed by atoms with E-state index < -0.39 is 0 Å². The smallest absolute Gasteiger partial charge is 0.262 e. The predicted octanol–water partition coefficient (Wildman–Crippen LogP) is 3.82. The molecule has 124 valence electrons. The number of hydrogen-bond acceptors (Lipinski definition) is 5. The molecule has 0 aliphatic carbocycles. The molecule has 0 fully saturated rings. The highest BCUT2D eigenvalue weighted by molar-refractivity contribution is 7.22. The van der Waals surface area contributed by atoms with E-state index in [0.717, 1.165) is 32.6 Å². The lowest BCUT2D eigenvalue weighted by Crippen LogP contribution is -2.21. The van der Waals surface area contributed by atoms with E-state index in [2.05, 4.69) is 10.3 Å². The van der Waals surface area contributed by atoms with Crippen LogP contribution >= 0.6 is 11.3 Å². The molecule has 3 rings (SSSR count). The summed E-state index contributed by atoms with van der Waals surface area (Å²) in [5.74, 6) is 0.480. The molecule has 0 saturated carbocycles. The SMILES string of the molecule is Cc1ccc(OCC(=O)Nc2c(C)cc3nc(N)sc3c2C)cc1. The van der Waals surface area contributed by atoms with E-state index in [9.17, 15) is 4.79 Å². The van der Waals surface area contributed by atoms with Crippen LogP contribution in [0.1, 0.15) is 16.7 Å². The quantitative estimate of drug-likeness (QED) is 0.756. The number of hydrogen-bond donors (Lipinski definition) is 2. The first-order chi connectivity index (χ1) is 11.4. The summed E-state index contributed by atoms with van der Waals surface area (Å²) in [4.78, 5) is 16.5. The molecule has 1 aromatic heterocycles. The number of carbonyl (C=O) groups is 1. The fourth-order valence-corrected chi connectivity index (χ4v) is 3.37. The predicted molar refractivity (Wildman–Crippen MR) is 98.8 cm³/mol. The highest BCUT2D eigenvalue weighted by Crippen LogP contribution is 2.34. The Morgan fingerprint density at radius 3 is 2.67 bits per heavy atom. The van der Waals surface area contributed by atoms with Crippen molar-refractivity contribution in [1.82, 2.24) is 4.98 Å². The molecule has 0 unspecified atom stereocenters. The maximum atomic E-state index is 12.2. The number of amides is 1. The maximum absolute atomic E-state index is 12.2. The normalized spacial score (nSPS) is 10.8. The lowest BCUT2D eigenvalue weighted by atomic mass is 10.1. The van der Waals surface area contributed by atoms with E-state index in [-0.39, 0.29) is 12.5 Å². The first kappa shape index (κ1) is 16.3. The number of nitrogens with zero attached hydrogens (tertiary/aromatic N) is 1. The van der Waals surface area contributed by atoms with Crippen LogP contribution in [0.3, 0.4) is 0 Å². The average Bonchev–Trinajstić information content (AvgIpc) is 2.91. The summed E-state index contributed by atoms with van der Waals surface area (Å²) in [6, 6.07) is 9.54. The lowest BCUT2D eigenvalue weighted by Gasteiger charge is -2.13. The average molecular weight is 341 g/mol. The van der Waals surface area contributed by atoms with Gasteiger partial charge in [-0.25, -0.2) is 4.98 Å². The number of aromatic nitrogens is 1. The molecule has 1 amide bonds. The summed E-state index contributed by atoms with van der Waals surface area (Å²) >= 11 is 1.42. The second-order valence-electron chi connectivity index (χ2n) is 5.74. The van der Waals surface area contributed by atoms with E-state index in [1.54, 1.807) is 0 Å². The molecule has 2 aromatic carbocycles. The molecule has 0 radical (unpaired) electrons. The van der Waals surface area contributed by atoms with Gasteiger partial charge in [0.2, 0.25) is 0 Å². The second-order valence-corrected chi connectivity index (χ2v) is 6.77. The van der Waals surface area contributed by atoms with Crippen LogP contribution in [0.15, 0.2) is 30.3 Å². The number of fused-ring (bicyclic) bond motifs is 1. The number of carbonyl (C=O) groups excluding carboxylic acids is 1. The van der Waals surface area contributed by atoms with Crippen molar-refractivity contribution in [3.05, 3.63) is 47.0 Å². The van der Waals surface area contributed by atoms with Gasteiger partial charge in [0.05, 0.1) is 10.2 Å². The molecule has 0 saturated heterocycles. The second kappa shape index (κ2) is 6.49. The zero-order chi connectivity index (χ0) is 17.3. The topological polar surface area (TPSA) is 77.2 Å². The molecule has 0 aliphatic rings. The van der Waals surface area contributed by atoms with Gasteiger partial charge in [-0.3, -0.25) is 4.79 Å². The largest absolute Gasteiger partial charge is 0.484 e. The van der Waals surface area contributed by atoms with Gasteiger partial charge in [-0.2, -0.15) is 0 Å². The van der Waals surface area contributed by atoms with E-state index >= 15 is 0 Å². The fourth-order valence-electron chi connectivity index (χ4n) is 2.55. The molecule has 0 aliphatic heterocycles. The van der Waals surface area contributed by atoms with E-state index in [0.29, 0.717) is 10.9 Å². The third-order valence-electron chi connectivity index (χ3n) is 3.79.